The van der Waals surface area contributed by atoms with Crippen LogP contribution in [0, 0.1) is 0 Å². The number of hydrogen-bond donors (Lipinski definition) is 0. The van der Waals surface area contributed by atoms with E-state index in [1.54, 1.807) is 24.2 Å². The third kappa shape index (κ3) is 4.38. The predicted molar refractivity (Wildman–Crippen MR) is 114 cm³/mol. The number of para-hydroxylation sites is 2. The van der Waals surface area contributed by atoms with Crippen LogP contribution in [0.1, 0.15) is 15.9 Å². The molecule has 2 aromatic carbocycles. The first-order valence-corrected chi connectivity index (χ1v) is 9.96. The second-order valence-electron chi connectivity index (χ2n) is 7.00. The molecule has 7 heteroatoms. The highest BCUT2D eigenvalue weighted by molar-refractivity contribution is 6.30. The normalized spacial score (nSPS) is 14.1. The van der Waals surface area contributed by atoms with Gasteiger partial charge in [0, 0.05) is 37.9 Å². The van der Waals surface area contributed by atoms with Crippen LogP contribution in [0.3, 0.4) is 0 Å². The van der Waals surface area contributed by atoms with Gasteiger partial charge in [0.15, 0.2) is 0 Å². The number of halogens is 1. The predicted octanol–water partition coefficient (Wildman–Crippen LogP) is 3.56. The SMILES string of the molecule is COc1ccccc1N1CCN(C(=O)c2ccc(Cn3cc(Cl)cn3)cc2)CC1. The van der Waals surface area contributed by atoms with E-state index in [0.717, 1.165) is 30.1 Å². The third-order valence-electron chi connectivity index (χ3n) is 5.14. The van der Waals surface area contributed by atoms with Gasteiger partial charge in [-0.1, -0.05) is 35.9 Å². The summed E-state index contributed by atoms with van der Waals surface area (Å²) in [7, 11) is 1.68. The van der Waals surface area contributed by atoms with Gasteiger partial charge in [0.05, 0.1) is 30.6 Å². The van der Waals surface area contributed by atoms with Gasteiger partial charge in [-0.05, 0) is 29.8 Å². The minimum Gasteiger partial charge on any atom is -0.495 e. The molecule has 0 atom stereocenters. The fourth-order valence-corrected chi connectivity index (χ4v) is 3.74. The van der Waals surface area contributed by atoms with Gasteiger partial charge in [-0.2, -0.15) is 5.10 Å². The highest BCUT2D eigenvalue weighted by Gasteiger charge is 2.23. The van der Waals surface area contributed by atoms with E-state index in [9.17, 15) is 4.79 Å². The summed E-state index contributed by atoms with van der Waals surface area (Å²) in [5.74, 6) is 0.930. The number of amides is 1. The zero-order valence-corrected chi connectivity index (χ0v) is 17.0. The molecule has 150 valence electrons. The van der Waals surface area contributed by atoms with Crippen molar-refractivity contribution in [3.05, 3.63) is 77.1 Å². The van der Waals surface area contributed by atoms with Crippen molar-refractivity contribution < 1.29 is 9.53 Å². The Morgan fingerprint density at radius 2 is 1.79 bits per heavy atom. The number of rotatable bonds is 5. The molecule has 1 fully saturated rings. The quantitative estimate of drug-likeness (QED) is 0.645. The lowest BCUT2D eigenvalue weighted by Gasteiger charge is -2.36. The van der Waals surface area contributed by atoms with Crippen LogP contribution in [0.5, 0.6) is 5.75 Å². The van der Waals surface area contributed by atoms with Crippen molar-refractivity contribution in [1.29, 1.82) is 0 Å². The second-order valence-corrected chi connectivity index (χ2v) is 7.44. The summed E-state index contributed by atoms with van der Waals surface area (Å²) in [4.78, 5) is 17.1. The highest BCUT2D eigenvalue weighted by atomic mass is 35.5. The zero-order valence-electron chi connectivity index (χ0n) is 16.3. The molecule has 4 rings (SSSR count). The van der Waals surface area contributed by atoms with Gasteiger partial charge in [-0.25, -0.2) is 0 Å². The molecule has 1 aromatic heterocycles. The Morgan fingerprint density at radius 3 is 2.45 bits per heavy atom. The molecule has 6 nitrogen and oxygen atoms in total. The van der Waals surface area contributed by atoms with Crippen molar-refractivity contribution in [2.24, 2.45) is 0 Å². The average Bonchev–Trinajstić information content (AvgIpc) is 3.18. The van der Waals surface area contributed by atoms with Crippen LogP contribution < -0.4 is 9.64 Å². The third-order valence-corrected chi connectivity index (χ3v) is 5.34. The Hall–Kier alpha value is -2.99. The Kier molecular flexibility index (Phi) is 5.71. The molecular weight excluding hydrogens is 388 g/mol. The van der Waals surface area contributed by atoms with Crippen LogP contribution >= 0.6 is 11.6 Å². The topological polar surface area (TPSA) is 50.6 Å². The van der Waals surface area contributed by atoms with Gasteiger partial charge in [0.25, 0.3) is 5.91 Å². The van der Waals surface area contributed by atoms with E-state index in [0.29, 0.717) is 30.2 Å². The number of benzene rings is 2. The van der Waals surface area contributed by atoms with Gasteiger partial charge in [0.2, 0.25) is 0 Å². The monoisotopic (exact) mass is 410 g/mol. The summed E-state index contributed by atoms with van der Waals surface area (Å²) in [6.07, 6.45) is 3.39. The number of nitrogens with zero attached hydrogens (tertiary/aromatic N) is 4. The molecule has 29 heavy (non-hydrogen) atoms. The minimum atomic E-state index is 0.0679. The van der Waals surface area contributed by atoms with Gasteiger partial charge in [-0.3, -0.25) is 9.48 Å². The largest absolute Gasteiger partial charge is 0.495 e. The van der Waals surface area contributed by atoms with Crippen LogP contribution in [-0.2, 0) is 6.54 Å². The zero-order chi connectivity index (χ0) is 20.2. The summed E-state index contributed by atoms with van der Waals surface area (Å²) in [6, 6.07) is 15.7. The molecule has 3 aromatic rings. The molecule has 0 bridgehead atoms. The van der Waals surface area contributed by atoms with Crippen molar-refractivity contribution in [3.8, 4) is 5.75 Å². The summed E-state index contributed by atoms with van der Waals surface area (Å²) < 4.78 is 7.24. The number of anilines is 1. The number of hydrogen-bond acceptors (Lipinski definition) is 4. The fraction of sp³-hybridized carbons (Fsp3) is 0.273. The van der Waals surface area contributed by atoms with E-state index in [2.05, 4.69) is 16.1 Å². The Morgan fingerprint density at radius 1 is 1.07 bits per heavy atom. The van der Waals surface area contributed by atoms with E-state index >= 15 is 0 Å². The first kappa shape index (κ1) is 19.3. The van der Waals surface area contributed by atoms with Gasteiger partial charge < -0.3 is 14.5 Å². The van der Waals surface area contributed by atoms with Crippen LogP contribution in [-0.4, -0.2) is 53.9 Å². The molecule has 1 aliphatic rings. The van der Waals surface area contributed by atoms with E-state index in [4.69, 9.17) is 16.3 Å². The van der Waals surface area contributed by atoms with Gasteiger partial charge in [0.1, 0.15) is 5.75 Å². The minimum absolute atomic E-state index is 0.0679. The number of piperazine rings is 1. The van der Waals surface area contributed by atoms with Crippen molar-refractivity contribution in [3.63, 3.8) is 0 Å². The van der Waals surface area contributed by atoms with E-state index < -0.39 is 0 Å². The number of ether oxygens (including phenoxy) is 1. The summed E-state index contributed by atoms with van der Waals surface area (Å²) >= 11 is 5.90. The maximum atomic E-state index is 12.9. The second kappa shape index (κ2) is 8.57. The van der Waals surface area contributed by atoms with E-state index in [1.807, 2.05) is 47.4 Å². The van der Waals surface area contributed by atoms with Crippen molar-refractivity contribution in [1.82, 2.24) is 14.7 Å². The summed E-state index contributed by atoms with van der Waals surface area (Å²) in [5, 5.41) is 4.80. The first-order valence-electron chi connectivity index (χ1n) is 9.58. The van der Waals surface area contributed by atoms with Gasteiger partial charge in [-0.15, -0.1) is 0 Å². The maximum absolute atomic E-state index is 12.9. The molecule has 0 saturated carbocycles. The first-order chi connectivity index (χ1) is 14.1. The number of methoxy groups -OCH3 is 1. The molecule has 2 heterocycles. The Labute approximate surface area is 175 Å². The Bertz CT molecular complexity index is 978. The molecular formula is C22H23ClN4O2. The highest BCUT2D eigenvalue weighted by Crippen LogP contribution is 2.28. The van der Waals surface area contributed by atoms with Crippen molar-refractivity contribution in [2.75, 3.05) is 38.2 Å². The number of carbonyl (C=O) groups excluding carboxylic acids is 1. The summed E-state index contributed by atoms with van der Waals surface area (Å²) in [6.45, 7) is 3.56. The lowest BCUT2D eigenvalue weighted by atomic mass is 10.1. The lowest BCUT2D eigenvalue weighted by Crippen LogP contribution is -2.48. The standard InChI is InChI=1S/C22H23ClN4O2/c1-29-21-5-3-2-4-20(21)25-10-12-26(13-11-25)22(28)18-8-6-17(7-9-18)15-27-16-19(23)14-24-27/h2-9,14,16H,10-13,15H2,1H3. The summed E-state index contributed by atoms with van der Waals surface area (Å²) in [5.41, 5.74) is 2.85. The van der Waals surface area contributed by atoms with Gasteiger partial charge >= 0.3 is 0 Å². The smallest absolute Gasteiger partial charge is 0.253 e. The van der Waals surface area contributed by atoms with E-state index in [1.165, 1.54) is 0 Å². The van der Waals surface area contributed by atoms with Crippen molar-refractivity contribution in [2.45, 2.75) is 6.54 Å². The molecule has 0 unspecified atom stereocenters. The van der Waals surface area contributed by atoms with Crippen molar-refractivity contribution >= 4 is 23.2 Å². The van der Waals surface area contributed by atoms with E-state index in [-0.39, 0.29) is 5.91 Å². The Balaban J connectivity index is 1.37. The average molecular weight is 411 g/mol. The fourth-order valence-electron chi connectivity index (χ4n) is 3.59. The maximum Gasteiger partial charge on any atom is 0.253 e. The van der Waals surface area contributed by atoms with Crippen LogP contribution in [0.2, 0.25) is 5.02 Å². The molecule has 0 aliphatic carbocycles. The van der Waals surface area contributed by atoms with Crippen LogP contribution in [0.15, 0.2) is 60.9 Å². The lowest BCUT2D eigenvalue weighted by molar-refractivity contribution is 0.0746. The molecule has 1 amide bonds. The molecule has 0 N–H and O–H groups in total. The van der Waals surface area contributed by atoms with Crippen LogP contribution in [0.25, 0.3) is 0 Å². The molecule has 1 aliphatic heterocycles. The molecule has 0 radical (unpaired) electrons. The number of carbonyl (C=O) groups is 1. The number of aromatic nitrogens is 2. The van der Waals surface area contributed by atoms with Crippen LogP contribution in [0.4, 0.5) is 5.69 Å². The molecule has 0 spiro atoms. The molecule has 1 saturated heterocycles.